The number of rotatable bonds is 2. The Hall–Kier alpha value is -0.0900. The molecule has 1 rings (SSSR count). The van der Waals surface area contributed by atoms with Gasteiger partial charge in [0, 0.05) is 4.57 Å². The van der Waals surface area contributed by atoms with Crippen molar-refractivity contribution in [2.45, 2.75) is 12.3 Å². The third-order valence-electron chi connectivity index (χ3n) is 1.19. The Kier molecular flexibility index (Phi) is 2.68. The van der Waals surface area contributed by atoms with E-state index in [0.29, 0.717) is 0 Å². The lowest BCUT2D eigenvalue weighted by Gasteiger charge is -1.98. The van der Waals surface area contributed by atoms with E-state index in [0.717, 1.165) is 0 Å². The topological polar surface area (TPSA) is 55.8 Å². The molecule has 1 saturated heterocycles. The molecule has 0 bridgehead atoms. The van der Waals surface area contributed by atoms with Crippen LogP contribution in [0.2, 0.25) is 0 Å². The van der Waals surface area contributed by atoms with Crippen molar-refractivity contribution >= 4 is 8.25 Å². The highest BCUT2D eigenvalue weighted by atomic mass is 31.1. The lowest BCUT2D eigenvalue weighted by molar-refractivity contribution is 0.123. The molecule has 0 radical (unpaired) electrons. The first-order valence-electron chi connectivity index (χ1n) is 2.75. The Morgan fingerprint density at radius 3 is 2.80 bits per heavy atom. The maximum absolute atomic E-state index is 12.5. The van der Waals surface area contributed by atoms with E-state index in [1.54, 1.807) is 0 Å². The van der Waals surface area contributed by atoms with Crippen LogP contribution in [0.1, 0.15) is 0 Å². The van der Waals surface area contributed by atoms with E-state index in [4.69, 9.17) is 4.89 Å². The van der Waals surface area contributed by atoms with Gasteiger partial charge in [0.1, 0.15) is 0 Å². The van der Waals surface area contributed by atoms with Crippen LogP contribution in [-0.2, 0) is 13.8 Å². The number of hydrogen-bond donors (Lipinski definition) is 1. The molecule has 1 N–H and O–H groups in total. The fraction of sp³-hybridized carbons (Fsp3) is 1.00. The van der Waals surface area contributed by atoms with Crippen LogP contribution >= 0.6 is 8.25 Å². The maximum atomic E-state index is 12.5. The molecule has 0 aliphatic carbocycles. The van der Waals surface area contributed by atoms with Crippen LogP contribution in [0.5, 0.6) is 0 Å². The van der Waals surface area contributed by atoms with E-state index < -0.39 is 20.5 Å². The molecule has 1 fully saturated rings. The third-order valence-corrected chi connectivity index (χ3v) is 1.64. The van der Waals surface area contributed by atoms with Crippen molar-refractivity contribution in [3.63, 3.8) is 0 Å². The molecule has 58 valence electrons. The maximum Gasteiger partial charge on any atom is 0.695 e. The van der Waals surface area contributed by atoms with Gasteiger partial charge in [0.15, 0.2) is 12.3 Å². The fourth-order valence-electron chi connectivity index (χ4n) is 0.721. The van der Waals surface area contributed by atoms with Gasteiger partial charge in [-0.25, -0.2) is 4.39 Å². The highest BCUT2D eigenvalue weighted by molar-refractivity contribution is 7.32. The lowest BCUT2D eigenvalue weighted by Crippen LogP contribution is -2.20. The minimum Gasteiger partial charge on any atom is -0.375 e. The highest BCUT2D eigenvalue weighted by Gasteiger charge is 2.36. The Morgan fingerprint density at radius 1 is 1.70 bits per heavy atom. The van der Waals surface area contributed by atoms with Crippen LogP contribution in [0.3, 0.4) is 0 Å². The Bertz CT molecular complexity index is 141. The summed E-state index contributed by atoms with van der Waals surface area (Å²) in [7, 11) is -2.71. The Morgan fingerprint density at radius 2 is 2.40 bits per heavy atom. The summed E-state index contributed by atoms with van der Waals surface area (Å²) in [5.41, 5.74) is 0. The van der Waals surface area contributed by atoms with Crippen LogP contribution in [0, 0.1) is 0 Å². The average molecular weight is 169 g/mol. The third kappa shape index (κ3) is 1.95. The quantitative estimate of drug-likeness (QED) is 0.607. The van der Waals surface area contributed by atoms with Crippen LogP contribution in [-0.4, -0.2) is 30.4 Å². The van der Waals surface area contributed by atoms with Gasteiger partial charge in [0.05, 0.1) is 13.2 Å². The van der Waals surface area contributed by atoms with Crippen LogP contribution in [0.4, 0.5) is 4.39 Å². The number of ether oxygens (including phenoxy) is 1. The zero-order valence-electron chi connectivity index (χ0n) is 5.07. The van der Waals surface area contributed by atoms with E-state index in [9.17, 15) is 8.96 Å². The Labute approximate surface area is 57.9 Å². The molecular weight excluding hydrogens is 162 g/mol. The van der Waals surface area contributed by atoms with Crippen molar-refractivity contribution in [3.05, 3.63) is 0 Å². The molecule has 0 aromatic carbocycles. The SMILES string of the molecule is O=[P+](O)OC1COCC1F. The van der Waals surface area contributed by atoms with Crippen LogP contribution in [0.25, 0.3) is 0 Å². The van der Waals surface area contributed by atoms with Gasteiger partial charge in [-0.1, -0.05) is 0 Å². The first-order valence-corrected chi connectivity index (χ1v) is 3.88. The fourth-order valence-corrected chi connectivity index (χ4v) is 1.15. The smallest absolute Gasteiger partial charge is 0.375 e. The molecular formula is C4H7FO4P+. The standard InChI is InChI=1S/C4H6FO4P/c5-3-1-8-2-4(3)9-10(6)7/h3-4H,1-2H2/p+1. The summed E-state index contributed by atoms with van der Waals surface area (Å²) in [4.78, 5) is 8.20. The minimum absolute atomic E-state index is 0.0478. The van der Waals surface area contributed by atoms with Gasteiger partial charge in [-0.3, -0.25) is 0 Å². The van der Waals surface area contributed by atoms with Gasteiger partial charge < -0.3 is 4.74 Å². The summed E-state index contributed by atoms with van der Waals surface area (Å²) in [5.74, 6) is 0. The molecule has 1 heterocycles. The van der Waals surface area contributed by atoms with Gasteiger partial charge in [0.25, 0.3) is 0 Å². The summed E-state index contributed by atoms with van der Waals surface area (Å²) < 4.78 is 31.4. The zero-order chi connectivity index (χ0) is 7.56. The van der Waals surface area contributed by atoms with E-state index in [-0.39, 0.29) is 13.2 Å². The van der Waals surface area contributed by atoms with Gasteiger partial charge in [-0.2, -0.15) is 0 Å². The zero-order valence-corrected chi connectivity index (χ0v) is 5.96. The summed E-state index contributed by atoms with van der Waals surface area (Å²) >= 11 is 0. The number of hydrogen-bond acceptors (Lipinski definition) is 3. The normalized spacial score (nSPS) is 34.4. The molecule has 0 amide bonds. The van der Waals surface area contributed by atoms with Gasteiger partial charge in [-0.05, 0) is 0 Å². The average Bonchev–Trinajstić information content (AvgIpc) is 2.15. The van der Waals surface area contributed by atoms with Crippen molar-refractivity contribution in [3.8, 4) is 0 Å². The molecule has 1 aliphatic heterocycles. The second kappa shape index (κ2) is 3.34. The molecule has 1 aliphatic rings. The first-order chi connectivity index (χ1) is 4.70. The first kappa shape index (κ1) is 8.01. The summed E-state index contributed by atoms with van der Waals surface area (Å²) in [6, 6.07) is 0. The summed E-state index contributed by atoms with van der Waals surface area (Å²) in [6.07, 6.45) is -2.14. The predicted octanol–water partition coefficient (Wildman–Crippen LogP) is 0.390. The van der Waals surface area contributed by atoms with E-state index >= 15 is 0 Å². The second-order valence-electron chi connectivity index (χ2n) is 1.94. The largest absolute Gasteiger partial charge is 0.695 e. The van der Waals surface area contributed by atoms with Crippen molar-refractivity contribution in [2.24, 2.45) is 0 Å². The molecule has 0 spiro atoms. The highest BCUT2D eigenvalue weighted by Crippen LogP contribution is 2.24. The molecule has 0 saturated carbocycles. The molecule has 3 atom stereocenters. The van der Waals surface area contributed by atoms with Crippen molar-refractivity contribution in [1.82, 2.24) is 0 Å². The minimum atomic E-state index is -2.71. The predicted molar refractivity (Wildman–Crippen MR) is 30.4 cm³/mol. The van der Waals surface area contributed by atoms with Crippen molar-refractivity contribution in [1.29, 1.82) is 0 Å². The van der Waals surface area contributed by atoms with Crippen LogP contribution in [0.15, 0.2) is 0 Å². The molecule has 4 nitrogen and oxygen atoms in total. The monoisotopic (exact) mass is 169 g/mol. The van der Waals surface area contributed by atoms with Gasteiger partial charge in [0.2, 0.25) is 0 Å². The Balaban J connectivity index is 2.33. The van der Waals surface area contributed by atoms with E-state index in [1.165, 1.54) is 0 Å². The number of halogens is 1. The summed E-state index contributed by atoms with van der Waals surface area (Å²) in [6.45, 7) is 0.0106. The van der Waals surface area contributed by atoms with Gasteiger partial charge >= 0.3 is 8.25 Å². The molecule has 10 heavy (non-hydrogen) atoms. The number of alkyl halides is 1. The summed E-state index contributed by atoms with van der Waals surface area (Å²) in [5, 5.41) is 0. The molecule has 0 aromatic rings. The van der Waals surface area contributed by atoms with Gasteiger partial charge in [-0.15, -0.1) is 9.42 Å². The van der Waals surface area contributed by atoms with E-state index in [2.05, 4.69) is 9.26 Å². The molecule has 0 aromatic heterocycles. The van der Waals surface area contributed by atoms with Crippen molar-refractivity contribution in [2.75, 3.05) is 13.2 Å². The van der Waals surface area contributed by atoms with E-state index in [1.807, 2.05) is 0 Å². The second-order valence-corrected chi connectivity index (χ2v) is 2.62. The molecule has 3 unspecified atom stereocenters. The lowest BCUT2D eigenvalue weighted by atomic mass is 10.3. The molecule has 6 heteroatoms. The van der Waals surface area contributed by atoms with Crippen LogP contribution < -0.4 is 0 Å². The van der Waals surface area contributed by atoms with Crippen molar-refractivity contribution < 1.29 is 23.1 Å².